The average Bonchev–Trinajstić information content (AvgIpc) is 2.92. The molecule has 2 fully saturated rings. The molecule has 2 saturated heterocycles. The lowest BCUT2D eigenvalue weighted by molar-refractivity contribution is -0.133. The van der Waals surface area contributed by atoms with Gasteiger partial charge in [-0.15, -0.1) is 11.3 Å². The highest BCUT2D eigenvalue weighted by molar-refractivity contribution is 9.11. The van der Waals surface area contributed by atoms with Gasteiger partial charge < -0.3 is 10.2 Å². The summed E-state index contributed by atoms with van der Waals surface area (Å²) in [4.78, 5) is 16.1. The number of aryl methyl sites for hydroxylation is 1. The summed E-state index contributed by atoms with van der Waals surface area (Å²) in [6.07, 6.45) is 6.19. The third kappa shape index (κ3) is 3.26. The largest absolute Gasteiger partial charge is 0.335 e. The van der Waals surface area contributed by atoms with Crippen molar-refractivity contribution >= 4 is 33.2 Å². The van der Waals surface area contributed by atoms with E-state index in [4.69, 9.17) is 0 Å². The molecule has 3 heterocycles. The molecule has 0 aromatic carbocycles. The molecule has 2 atom stereocenters. The van der Waals surface area contributed by atoms with Gasteiger partial charge in [-0.2, -0.15) is 0 Å². The number of nitrogens with zero attached hydrogens (tertiary/aromatic N) is 1. The zero-order chi connectivity index (χ0) is 13.9. The predicted molar refractivity (Wildman–Crippen MR) is 86.1 cm³/mol. The molecule has 0 spiro atoms. The molecule has 2 aliphatic rings. The van der Waals surface area contributed by atoms with Crippen LogP contribution in [-0.2, 0) is 11.2 Å². The number of halogens is 1. The highest BCUT2D eigenvalue weighted by Gasteiger charge is 2.37. The van der Waals surface area contributed by atoms with Gasteiger partial charge in [0.1, 0.15) is 0 Å². The summed E-state index contributed by atoms with van der Waals surface area (Å²) in [7, 11) is 0. The van der Waals surface area contributed by atoms with Crippen molar-refractivity contribution < 1.29 is 4.79 Å². The average molecular weight is 357 g/mol. The Balaban J connectivity index is 1.51. The van der Waals surface area contributed by atoms with Crippen molar-refractivity contribution in [3.8, 4) is 0 Å². The molecule has 1 N–H and O–H groups in total. The van der Waals surface area contributed by atoms with Crippen LogP contribution in [-0.4, -0.2) is 36.0 Å². The van der Waals surface area contributed by atoms with Crippen molar-refractivity contribution in [2.24, 2.45) is 0 Å². The molecule has 3 nitrogen and oxygen atoms in total. The van der Waals surface area contributed by atoms with Crippen LogP contribution in [0.5, 0.6) is 0 Å². The Bertz CT molecular complexity index is 462. The summed E-state index contributed by atoms with van der Waals surface area (Å²) in [6.45, 7) is 2.05. The smallest absolute Gasteiger partial charge is 0.223 e. The fourth-order valence-electron chi connectivity index (χ4n) is 3.42. The number of amides is 1. The van der Waals surface area contributed by atoms with Crippen molar-refractivity contribution in [1.82, 2.24) is 10.2 Å². The van der Waals surface area contributed by atoms with Crippen LogP contribution in [0.3, 0.4) is 0 Å². The van der Waals surface area contributed by atoms with Crippen molar-refractivity contribution in [1.29, 1.82) is 0 Å². The van der Waals surface area contributed by atoms with Crippen molar-refractivity contribution in [2.45, 2.75) is 50.6 Å². The normalized spacial score (nSPS) is 25.8. The first kappa shape index (κ1) is 14.5. The molecule has 1 aromatic heterocycles. The first-order valence-corrected chi connectivity index (χ1v) is 9.11. The Morgan fingerprint density at radius 2 is 2.20 bits per heavy atom. The van der Waals surface area contributed by atoms with Gasteiger partial charge in [0.15, 0.2) is 0 Å². The molecule has 20 heavy (non-hydrogen) atoms. The number of nitrogens with one attached hydrogen (secondary N) is 1. The van der Waals surface area contributed by atoms with Gasteiger partial charge in [0, 0.05) is 29.9 Å². The van der Waals surface area contributed by atoms with Crippen LogP contribution in [0.25, 0.3) is 0 Å². The topological polar surface area (TPSA) is 32.3 Å². The third-order valence-electron chi connectivity index (χ3n) is 4.38. The van der Waals surface area contributed by atoms with Crippen LogP contribution in [0.1, 0.15) is 37.0 Å². The zero-order valence-electron chi connectivity index (χ0n) is 11.6. The maximum absolute atomic E-state index is 12.5. The summed E-state index contributed by atoms with van der Waals surface area (Å²) in [5.74, 6) is 0.372. The van der Waals surface area contributed by atoms with Gasteiger partial charge in [-0.05, 0) is 66.7 Å². The molecule has 0 aliphatic carbocycles. The molecule has 1 aromatic rings. The van der Waals surface area contributed by atoms with Gasteiger partial charge in [-0.25, -0.2) is 0 Å². The quantitative estimate of drug-likeness (QED) is 0.898. The van der Waals surface area contributed by atoms with Crippen LogP contribution in [0, 0.1) is 0 Å². The number of carbonyl (C=O) groups is 1. The van der Waals surface area contributed by atoms with Crippen LogP contribution in [0.4, 0.5) is 0 Å². The summed E-state index contributed by atoms with van der Waals surface area (Å²) >= 11 is 5.26. The number of rotatable bonds is 4. The van der Waals surface area contributed by atoms with Gasteiger partial charge >= 0.3 is 0 Å². The molecular weight excluding hydrogens is 336 g/mol. The summed E-state index contributed by atoms with van der Waals surface area (Å²) in [5, 5.41) is 3.45. The highest BCUT2D eigenvalue weighted by Crippen LogP contribution is 2.29. The number of hydrogen-bond donors (Lipinski definition) is 1. The van der Waals surface area contributed by atoms with Crippen LogP contribution in [0.2, 0.25) is 0 Å². The Labute approximate surface area is 132 Å². The Morgan fingerprint density at radius 3 is 3.00 bits per heavy atom. The van der Waals surface area contributed by atoms with E-state index in [1.165, 1.54) is 21.5 Å². The maximum Gasteiger partial charge on any atom is 0.223 e. The molecule has 5 heteroatoms. The standard InChI is InChI=1S/C15H21BrN2OS/c16-14-7-6-13(20-14)2-1-3-15(19)18-11-4-5-12(18)10-17-9-8-11/h6-7,11-12,17H,1-5,8-10H2. The minimum atomic E-state index is 0.372. The molecule has 2 unspecified atom stereocenters. The predicted octanol–water partition coefficient (Wildman–Crippen LogP) is 3.19. The first-order chi connectivity index (χ1) is 9.74. The van der Waals surface area contributed by atoms with Crippen molar-refractivity contribution in [2.75, 3.05) is 13.1 Å². The summed E-state index contributed by atoms with van der Waals surface area (Å²) < 4.78 is 1.18. The Hall–Kier alpha value is -0.390. The molecule has 110 valence electrons. The van der Waals surface area contributed by atoms with Gasteiger partial charge in [-0.3, -0.25) is 4.79 Å². The third-order valence-corrected chi connectivity index (χ3v) is 6.07. The lowest BCUT2D eigenvalue weighted by atomic mass is 10.1. The molecule has 1 amide bonds. The minimum absolute atomic E-state index is 0.372. The fourth-order valence-corrected chi connectivity index (χ4v) is 4.94. The van der Waals surface area contributed by atoms with Crippen LogP contribution < -0.4 is 5.32 Å². The lowest BCUT2D eigenvalue weighted by Gasteiger charge is -2.28. The van der Waals surface area contributed by atoms with E-state index in [0.29, 0.717) is 24.4 Å². The summed E-state index contributed by atoms with van der Waals surface area (Å²) in [6, 6.07) is 5.19. The lowest BCUT2D eigenvalue weighted by Crippen LogP contribution is -2.42. The molecule has 3 rings (SSSR count). The molecular formula is C15H21BrN2OS. The fraction of sp³-hybridized carbons (Fsp3) is 0.667. The monoisotopic (exact) mass is 356 g/mol. The van der Waals surface area contributed by atoms with Gasteiger partial charge in [-0.1, -0.05) is 0 Å². The minimum Gasteiger partial charge on any atom is -0.335 e. The zero-order valence-corrected chi connectivity index (χ0v) is 14.0. The van der Waals surface area contributed by atoms with Crippen molar-refractivity contribution in [3.63, 3.8) is 0 Å². The molecule has 0 radical (unpaired) electrons. The number of hydrogen-bond acceptors (Lipinski definition) is 3. The highest BCUT2D eigenvalue weighted by atomic mass is 79.9. The number of fused-ring (bicyclic) bond motifs is 2. The molecule has 0 saturated carbocycles. The molecule has 2 aliphatic heterocycles. The van der Waals surface area contributed by atoms with Crippen LogP contribution in [0.15, 0.2) is 15.9 Å². The van der Waals surface area contributed by atoms with Crippen LogP contribution >= 0.6 is 27.3 Å². The van der Waals surface area contributed by atoms with E-state index in [0.717, 1.165) is 32.4 Å². The van der Waals surface area contributed by atoms with E-state index in [2.05, 4.69) is 38.3 Å². The van der Waals surface area contributed by atoms with Gasteiger partial charge in [0.05, 0.1) is 3.79 Å². The van der Waals surface area contributed by atoms with E-state index in [1.807, 2.05) is 0 Å². The second-order valence-corrected chi connectivity index (χ2v) is 8.29. The van der Waals surface area contributed by atoms with E-state index in [9.17, 15) is 4.79 Å². The SMILES string of the molecule is O=C(CCCc1ccc(Br)s1)N1C2CCNCC1CC2. The van der Waals surface area contributed by atoms with E-state index >= 15 is 0 Å². The van der Waals surface area contributed by atoms with E-state index in [-0.39, 0.29) is 0 Å². The van der Waals surface area contributed by atoms with Crippen molar-refractivity contribution in [3.05, 3.63) is 20.8 Å². The summed E-state index contributed by atoms with van der Waals surface area (Å²) in [5.41, 5.74) is 0. The van der Waals surface area contributed by atoms with Gasteiger partial charge in [0.2, 0.25) is 5.91 Å². The van der Waals surface area contributed by atoms with E-state index in [1.54, 1.807) is 11.3 Å². The second-order valence-electron chi connectivity index (χ2n) is 5.74. The Kier molecular flexibility index (Phi) is 4.79. The molecule has 2 bridgehead atoms. The Morgan fingerprint density at radius 1 is 1.35 bits per heavy atom. The van der Waals surface area contributed by atoms with Gasteiger partial charge in [0.25, 0.3) is 0 Å². The second kappa shape index (κ2) is 6.58. The first-order valence-electron chi connectivity index (χ1n) is 7.50. The number of thiophene rings is 1. The number of carbonyl (C=O) groups excluding carboxylic acids is 1. The maximum atomic E-state index is 12.5. The van der Waals surface area contributed by atoms with E-state index < -0.39 is 0 Å².